The average molecular weight is 192 g/mol. The summed E-state index contributed by atoms with van der Waals surface area (Å²) >= 11 is 0. The van der Waals surface area contributed by atoms with E-state index in [1.165, 1.54) is 0 Å². The van der Waals surface area contributed by atoms with Gasteiger partial charge >= 0.3 is 7.60 Å². The van der Waals surface area contributed by atoms with Crippen molar-refractivity contribution in [2.75, 3.05) is 19.4 Å². The summed E-state index contributed by atoms with van der Waals surface area (Å²) in [6.45, 7) is 8.00. The second-order valence-electron chi connectivity index (χ2n) is 2.26. The van der Waals surface area contributed by atoms with Gasteiger partial charge in [-0.2, -0.15) is 0 Å². The lowest BCUT2D eigenvalue weighted by Crippen LogP contribution is -1.98. The maximum absolute atomic E-state index is 11.6. The van der Waals surface area contributed by atoms with Gasteiger partial charge in [-0.15, -0.1) is 6.58 Å². The molecule has 0 rings (SSSR count). The second-order valence-corrected chi connectivity index (χ2v) is 4.63. The minimum Gasteiger partial charge on any atom is -0.309 e. The fourth-order valence-electron chi connectivity index (χ4n) is 0.692. The van der Waals surface area contributed by atoms with Crippen molar-refractivity contribution in [3.8, 4) is 0 Å². The minimum absolute atomic E-state index is 0.425. The monoisotopic (exact) mass is 192 g/mol. The lowest BCUT2D eigenvalue weighted by molar-refractivity contribution is 0.216. The van der Waals surface area contributed by atoms with Crippen molar-refractivity contribution in [2.24, 2.45) is 0 Å². The predicted octanol–water partition coefficient (Wildman–Crippen LogP) is 2.83. The molecular formula is C8H17O3P. The molecule has 0 aliphatic rings. The van der Waals surface area contributed by atoms with Crippen LogP contribution in [0.2, 0.25) is 0 Å². The van der Waals surface area contributed by atoms with E-state index in [-0.39, 0.29) is 0 Å². The van der Waals surface area contributed by atoms with E-state index in [4.69, 9.17) is 9.05 Å². The van der Waals surface area contributed by atoms with Crippen LogP contribution in [0, 0.1) is 0 Å². The molecule has 0 bridgehead atoms. The van der Waals surface area contributed by atoms with Crippen LogP contribution in [0.1, 0.15) is 20.3 Å². The normalized spacial score (nSPS) is 15.5. The van der Waals surface area contributed by atoms with Crippen molar-refractivity contribution >= 4 is 7.60 Å². The Morgan fingerprint density at radius 1 is 1.42 bits per heavy atom. The zero-order chi connectivity index (χ0) is 9.45. The highest BCUT2D eigenvalue weighted by Gasteiger charge is 2.19. The van der Waals surface area contributed by atoms with Crippen LogP contribution >= 0.6 is 7.60 Å². The predicted molar refractivity (Wildman–Crippen MR) is 50.5 cm³/mol. The second kappa shape index (κ2) is 6.41. The van der Waals surface area contributed by atoms with E-state index >= 15 is 0 Å². The molecule has 0 aliphatic carbocycles. The third kappa shape index (κ3) is 4.70. The van der Waals surface area contributed by atoms with Crippen molar-refractivity contribution in [2.45, 2.75) is 20.3 Å². The first-order chi connectivity index (χ1) is 5.68. The van der Waals surface area contributed by atoms with Gasteiger partial charge in [0.15, 0.2) is 0 Å². The minimum atomic E-state index is -2.78. The molecule has 0 saturated heterocycles. The molecule has 0 aliphatic heterocycles. The highest BCUT2D eigenvalue weighted by atomic mass is 31.2. The van der Waals surface area contributed by atoms with Crippen LogP contribution in [0.25, 0.3) is 0 Å². The Morgan fingerprint density at radius 2 is 2.08 bits per heavy atom. The molecule has 0 N–H and O–H groups in total. The molecule has 0 spiro atoms. The highest BCUT2D eigenvalue weighted by Crippen LogP contribution is 2.47. The van der Waals surface area contributed by atoms with Crippen LogP contribution < -0.4 is 0 Å². The van der Waals surface area contributed by atoms with Gasteiger partial charge in [-0.3, -0.25) is 4.57 Å². The van der Waals surface area contributed by atoms with Crippen molar-refractivity contribution < 1.29 is 13.6 Å². The number of hydrogen-bond acceptors (Lipinski definition) is 3. The first kappa shape index (κ1) is 11.9. The van der Waals surface area contributed by atoms with E-state index in [1.807, 2.05) is 0 Å². The lowest BCUT2D eigenvalue weighted by atomic mass is 10.5. The summed E-state index contributed by atoms with van der Waals surface area (Å²) in [7, 11) is -2.78. The summed E-state index contributed by atoms with van der Waals surface area (Å²) in [6, 6.07) is 0. The maximum atomic E-state index is 11.6. The molecule has 0 amide bonds. The van der Waals surface area contributed by atoms with Crippen molar-refractivity contribution in [1.82, 2.24) is 0 Å². The lowest BCUT2D eigenvalue weighted by Gasteiger charge is -2.14. The Kier molecular flexibility index (Phi) is 6.35. The SMILES string of the molecule is C=CCCOP(=O)(CC)OCC. The molecule has 12 heavy (non-hydrogen) atoms. The van der Waals surface area contributed by atoms with E-state index in [0.29, 0.717) is 25.8 Å². The van der Waals surface area contributed by atoms with Gasteiger partial charge < -0.3 is 9.05 Å². The van der Waals surface area contributed by atoms with Crippen LogP contribution in [0.5, 0.6) is 0 Å². The van der Waals surface area contributed by atoms with Crippen molar-refractivity contribution in [3.05, 3.63) is 12.7 Å². The summed E-state index contributed by atoms with van der Waals surface area (Å²) in [4.78, 5) is 0. The van der Waals surface area contributed by atoms with E-state index in [2.05, 4.69) is 6.58 Å². The molecule has 0 aromatic rings. The maximum Gasteiger partial charge on any atom is 0.330 e. The summed E-state index contributed by atoms with van der Waals surface area (Å²) in [5.74, 6) is 0. The zero-order valence-corrected chi connectivity index (χ0v) is 8.68. The topological polar surface area (TPSA) is 35.5 Å². The molecule has 0 aromatic heterocycles. The van der Waals surface area contributed by atoms with Gasteiger partial charge in [0.25, 0.3) is 0 Å². The first-order valence-corrected chi connectivity index (χ1v) is 5.90. The fourth-order valence-corrected chi connectivity index (χ4v) is 1.91. The summed E-state index contributed by atoms with van der Waals surface area (Å²) in [5.41, 5.74) is 0. The highest BCUT2D eigenvalue weighted by molar-refractivity contribution is 7.53. The zero-order valence-electron chi connectivity index (χ0n) is 7.78. The third-order valence-electron chi connectivity index (χ3n) is 1.32. The van der Waals surface area contributed by atoms with Crippen LogP contribution in [-0.4, -0.2) is 19.4 Å². The molecule has 0 heterocycles. The smallest absolute Gasteiger partial charge is 0.309 e. The fraction of sp³-hybridized carbons (Fsp3) is 0.750. The summed E-state index contributed by atoms with van der Waals surface area (Å²) in [6.07, 6.45) is 2.86. The van der Waals surface area contributed by atoms with Gasteiger partial charge in [-0.25, -0.2) is 0 Å². The van der Waals surface area contributed by atoms with Gasteiger partial charge in [0.2, 0.25) is 0 Å². The van der Waals surface area contributed by atoms with Crippen LogP contribution in [-0.2, 0) is 13.6 Å². The van der Waals surface area contributed by atoms with E-state index in [9.17, 15) is 4.57 Å². The Bertz CT molecular complexity index is 168. The Morgan fingerprint density at radius 3 is 2.50 bits per heavy atom. The van der Waals surface area contributed by atoms with Crippen molar-refractivity contribution in [1.29, 1.82) is 0 Å². The molecule has 3 nitrogen and oxygen atoms in total. The molecule has 4 heteroatoms. The van der Waals surface area contributed by atoms with Crippen molar-refractivity contribution in [3.63, 3.8) is 0 Å². The molecule has 0 radical (unpaired) electrons. The van der Waals surface area contributed by atoms with Gasteiger partial charge in [0.05, 0.1) is 13.2 Å². The molecule has 0 aromatic carbocycles. The molecule has 1 atom stereocenters. The number of rotatable bonds is 7. The Labute approximate surface area is 74.3 Å². The van der Waals surface area contributed by atoms with E-state index in [1.54, 1.807) is 19.9 Å². The molecule has 0 saturated carbocycles. The Hall–Kier alpha value is -0.110. The quantitative estimate of drug-likeness (QED) is 0.353. The average Bonchev–Trinajstić information content (AvgIpc) is 2.06. The van der Waals surface area contributed by atoms with Gasteiger partial charge in [-0.05, 0) is 13.3 Å². The Balaban J connectivity index is 3.79. The van der Waals surface area contributed by atoms with Gasteiger partial charge in [-0.1, -0.05) is 13.0 Å². The van der Waals surface area contributed by atoms with Gasteiger partial charge in [0.1, 0.15) is 0 Å². The first-order valence-electron chi connectivity index (χ1n) is 4.17. The van der Waals surface area contributed by atoms with E-state index < -0.39 is 7.60 Å². The van der Waals surface area contributed by atoms with E-state index in [0.717, 1.165) is 0 Å². The third-order valence-corrected chi connectivity index (χ3v) is 3.33. The molecule has 0 fully saturated rings. The molecule has 72 valence electrons. The molecule has 1 unspecified atom stereocenters. The summed E-state index contributed by atoms with van der Waals surface area (Å²) < 4.78 is 21.7. The van der Waals surface area contributed by atoms with Crippen LogP contribution in [0.3, 0.4) is 0 Å². The van der Waals surface area contributed by atoms with Crippen LogP contribution in [0.15, 0.2) is 12.7 Å². The van der Waals surface area contributed by atoms with Crippen LogP contribution in [0.4, 0.5) is 0 Å². The molecular weight excluding hydrogens is 175 g/mol. The standard InChI is InChI=1S/C8H17O3P/c1-4-7-8-11-12(9,6-3)10-5-2/h4H,1,5-8H2,2-3H3. The largest absolute Gasteiger partial charge is 0.330 e. The number of hydrogen-bond donors (Lipinski definition) is 0. The summed E-state index contributed by atoms with van der Waals surface area (Å²) in [5, 5.41) is 0. The van der Waals surface area contributed by atoms with Gasteiger partial charge in [0, 0.05) is 6.16 Å².